The maximum Gasteiger partial charge on any atom is 0.0314 e. The fourth-order valence-electron chi connectivity index (χ4n) is 3.30. The Balaban J connectivity index is 2.07. The van der Waals surface area contributed by atoms with Crippen LogP contribution in [0.15, 0.2) is 24.3 Å². The highest BCUT2D eigenvalue weighted by molar-refractivity contribution is 5.41. The molecule has 1 aliphatic carbocycles. The Bertz CT molecular complexity index is 388. The molecule has 0 heterocycles. The summed E-state index contributed by atoms with van der Waals surface area (Å²) in [6.07, 6.45) is 5.57. The van der Waals surface area contributed by atoms with Crippen LogP contribution in [0, 0.1) is 0 Å². The first-order valence-electron chi connectivity index (χ1n) is 7.63. The van der Waals surface area contributed by atoms with Crippen LogP contribution in [0.5, 0.6) is 0 Å². The molecule has 0 atom stereocenters. The van der Waals surface area contributed by atoms with E-state index in [1.54, 1.807) is 0 Å². The number of anilines is 1. The predicted octanol–water partition coefficient (Wildman–Crippen LogP) is 3.81. The molecule has 0 aliphatic heterocycles. The minimum atomic E-state index is 0.187. The summed E-state index contributed by atoms with van der Waals surface area (Å²) in [6.45, 7) is 9.27. The number of hydrogen-bond acceptors (Lipinski definition) is 2. The second-order valence-electron chi connectivity index (χ2n) is 6.51. The molecule has 1 aromatic rings. The standard InChI is InChI=1S/C17H28N2/c1-4-19(16-7-5-6-8-16)13-17(2,3)14-9-11-15(18)12-10-14/h9-12,16H,4-8,13,18H2,1-3H3. The van der Waals surface area contributed by atoms with E-state index in [1.165, 1.54) is 31.2 Å². The third-order valence-electron chi connectivity index (χ3n) is 4.54. The van der Waals surface area contributed by atoms with Crippen molar-refractivity contribution in [1.29, 1.82) is 0 Å². The maximum absolute atomic E-state index is 5.79. The Morgan fingerprint density at radius 2 is 1.74 bits per heavy atom. The summed E-state index contributed by atoms with van der Waals surface area (Å²) in [5, 5.41) is 0. The third kappa shape index (κ3) is 3.50. The summed E-state index contributed by atoms with van der Waals surface area (Å²) in [5.41, 5.74) is 8.21. The highest BCUT2D eigenvalue weighted by atomic mass is 15.2. The lowest BCUT2D eigenvalue weighted by Gasteiger charge is -2.36. The molecule has 0 spiro atoms. The number of nitrogen functional groups attached to an aromatic ring is 1. The smallest absolute Gasteiger partial charge is 0.0314 e. The molecule has 2 rings (SSSR count). The highest BCUT2D eigenvalue weighted by Gasteiger charge is 2.28. The van der Waals surface area contributed by atoms with Crippen molar-refractivity contribution in [3.63, 3.8) is 0 Å². The number of rotatable bonds is 5. The van der Waals surface area contributed by atoms with E-state index in [1.807, 2.05) is 12.1 Å². The topological polar surface area (TPSA) is 29.3 Å². The van der Waals surface area contributed by atoms with Crippen molar-refractivity contribution in [1.82, 2.24) is 4.90 Å². The fraction of sp³-hybridized carbons (Fsp3) is 0.647. The number of hydrogen-bond donors (Lipinski definition) is 1. The zero-order valence-corrected chi connectivity index (χ0v) is 12.7. The van der Waals surface area contributed by atoms with Gasteiger partial charge in [-0.05, 0) is 37.1 Å². The van der Waals surface area contributed by atoms with Gasteiger partial charge in [0.1, 0.15) is 0 Å². The molecular formula is C17H28N2. The molecule has 1 aromatic carbocycles. The SMILES string of the molecule is CCN(CC(C)(C)c1ccc(N)cc1)C1CCCC1. The van der Waals surface area contributed by atoms with E-state index in [-0.39, 0.29) is 5.41 Å². The van der Waals surface area contributed by atoms with E-state index in [0.29, 0.717) is 0 Å². The van der Waals surface area contributed by atoms with Crippen LogP contribution in [-0.4, -0.2) is 24.0 Å². The average Bonchev–Trinajstić information content (AvgIpc) is 2.90. The van der Waals surface area contributed by atoms with Gasteiger partial charge in [0.2, 0.25) is 0 Å². The molecular weight excluding hydrogens is 232 g/mol. The molecule has 2 heteroatoms. The van der Waals surface area contributed by atoms with Crippen LogP contribution < -0.4 is 5.73 Å². The third-order valence-corrected chi connectivity index (χ3v) is 4.54. The molecule has 2 N–H and O–H groups in total. The second kappa shape index (κ2) is 5.96. The van der Waals surface area contributed by atoms with Gasteiger partial charge >= 0.3 is 0 Å². The van der Waals surface area contributed by atoms with Crippen molar-refractivity contribution in [2.75, 3.05) is 18.8 Å². The van der Waals surface area contributed by atoms with Gasteiger partial charge in [0.25, 0.3) is 0 Å². The lowest BCUT2D eigenvalue weighted by atomic mass is 9.83. The first-order chi connectivity index (χ1) is 9.03. The highest BCUT2D eigenvalue weighted by Crippen LogP contribution is 2.29. The molecule has 106 valence electrons. The summed E-state index contributed by atoms with van der Waals surface area (Å²) in [5.74, 6) is 0. The van der Waals surface area contributed by atoms with Gasteiger partial charge in [-0.15, -0.1) is 0 Å². The van der Waals surface area contributed by atoms with Crippen LogP contribution in [-0.2, 0) is 5.41 Å². The van der Waals surface area contributed by atoms with Crippen molar-refractivity contribution in [3.05, 3.63) is 29.8 Å². The van der Waals surface area contributed by atoms with Gasteiger partial charge in [0, 0.05) is 23.7 Å². The summed E-state index contributed by atoms with van der Waals surface area (Å²) < 4.78 is 0. The Morgan fingerprint density at radius 1 is 1.16 bits per heavy atom. The van der Waals surface area contributed by atoms with Gasteiger partial charge < -0.3 is 5.73 Å². The fourth-order valence-corrected chi connectivity index (χ4v) is 3.30. The summed E-state index contributed by atoms with van der Waals surface area (Å²) in [4.78, 5) is 2.67. The summed E-state index contributed by atoms with van der Waals surface area (Å²) in [6, 6.07) is 9.19. The van der Waals surface area contributed by atoms with Crippen LogP contribution >= 0.6 is 0 Å². The van der Waals surface area contributed by atoms with Crippen molar-refractivity contribution in [2.45, 2.75) is 57.9 Å². The second-order valence-corrected chi connectivity index (χ2v) is 6.51. The van der Waals surface area contributed by atoms with Gasteiger partial charge in [-0.25, -0.2) is 0 Å². The largest absolute Gasteiger partial charge is 0.399 e. The lowest BCUT2D eigenvalue weighted by Crippen LogP contribution is -2.42. The van der Waals surface area contributed by atoms with Gasteiger partial charge in [0.05, 0.1) is 0 Å². The van der Waals surface area contributed by atoms with Crippen LogP contribution in [0.1, 0.15) is 52.0 Å². The van der Waals surface area contributed by atoms with E-state index in [4.69, 9.17) is 5.73 Å². The monoisotopic (exact) mass is 260 g/mol. The molecule has 0 amide bonds. The quantitative estimate of drug-likeness (QED) is 0.816. The number of benzene rings is 1. The van der Waals surface area contributed by atoms with E-state index >= 15 is 0 Å². The Hall–Kier alpha value is -1.02. The van der Waals surface area contributed by atoms with E-state index < -0.39 is 0 Å². The Morgan fingerprint density at radius 3 is 2.26 bits per heavy atom. The molecule has 0 bridgehead atoms. The van der Waals surface area contributed by atoms with Crippen LogP contribution in [0.3, 0.4) is 0 Å². The Labute approximate surface area is 118 Å². The first kappa shape index (κ1) is 14.4. The molecule has 0 unspecified atom stereocenters. The number of nitrogens with two attached hydrogens (primary N) is 1. The zero-order chi connectivity index (χ0) is 13.9. The molecule has 2 nitrogen and oxygen atoms in total. The maximum atomic E-state index is 5.79. The summed E-state index contributed by atoms with van der Waals surface area (Å²) in [7, 11) is 0. The van der Waals surface area contributed by atoms with E-state index in [2.05, 4.69) is 37.8 Å². The minimum absolute atomic E-state index is 0.187. The average molecular weight is 260 g/mol. The first-order valence-corrected chi connectivity index (χ1v) is 7.63. The Kier molecular flexibility index (Phi) is 4.51. The van der Waals surface area contributed by atoms with Crippen molar-refractivity contribution < 1.29 is 0 Å². The molecule has 1 saturated carbocycles. The van der Waals surface area contributed by atoms with Crippen LogP contribution in [0.2, 0.25) is 0 Å². The molecule has 1 fully saturated rings. The molecule has 19 heavy (non-hydrogen) atoms. The lowest BCUT2D eigenvalue weighted by molar-refractivity contribution is 0.171. The van der Waals surface area contributed by atoms with Crippen molar-refractivity contribution >= 4 is 5.69 Å². The van der Waals surface area contributed by atoms with E-state index in [9.17, 15) is 0 Å². The van der Waals surface area contributed by atoms with Gasteiger partial charge in [-0.3, -0.25) is 4.90 Å². The molecule has 0 saturated heterocycles. The molecule has 1 aliphatic rings. The van der Waals surface area contributed by atoms with Crippen molar-refractivity contribution in [3.8, 4) is 0 Å². The van der Waals surface area contributed by atoms with Gasteiger partial charge in [0.15, 0.2) is 0 Å². The predicted molar refractivity (Wildman–Crippen MR) is 83.4 cm³/mol. The minimum Gasteiger partial charge on any atom is -0.399 e. The molecule has 0 aromatic heterocycles. The summed E-state index contributed by atoms with van der Waals surface area (Å²) >= 11 is 0. The van der Waals surface area contributed by atoms with Crippen LogP contribution in [0.4, 0.5) is 5.69 Å². The van der Waals surface area contributed by atoms with Gasteiger partial charge in [-0.1, -0.05) is 45.7 Å². The van der Waals surface area contributed by atoms with E-state index in [0.717, 1.165) is 24.8 Å². The van der Waals surface area contributed by atoms with Crippen LogP contribution in [0.25, 0.3) is 0 Å². The van der Waals surface area contributed by atoms with Crippen molar-refractivity contribution in [2.24, 2.45) is 0 Å². The number of likely N-dealkylation sites (N-methyl/N-ethyl adjacent to an activating group) is 1. The number of nitrogens with zero attached hydrogens (tertiary/aromatic N) is 1. The zero-order valence-electron chi connectivity index (χ0n) is 12.7. The molecule has 0 radical (unpaired) electrons. The normalized spacial score (nSPS) is 17.3. The van der Waals surface area contributed by atoms with Gasteiger partial charge in [-0.2, -0.15) is 0 Å².